The number of methoxy groups -OCH3 is 1. The average Bonchev–Trinajstić information content (AvgIpc) is 2.68. The van der Waals surface area contributed by atoms with Crippen molar-refractivity contribution < 1.29 is 22.7 Å². The summed E-state index contributed by atoms with van der Waals surface area (Å²) in [5, 5.41) is 2.66. The van der Waals surface area contributed by atoms with Crippen LogP contribution in [0.25, 0.3) is 0 Å². The first-order chi connectivity index (χ1) is 13.2. The van der Waals surface area contributed by atoms with E-state index < -0.39 is 9.84 Å². The number of nitrogens with zero attached hydrogens (tertiary/aromatic N) is 1. The SMILES string of the molecule is COCCS(=O)(=O)c1ccc(C(=O)Nc2ccc(SC(=O)N(C)C)cc2)cc1. The fraction of sp³-hybridized carbons (Fsp3) is 0.263. The lowest BCUT2D eigenvalue weighted by Crippen LogP contribution is -2.16. The quantitative estimate of drug-likeness (QED) is 0.689. The van der Waals surface area contributed by atoms with E-state index in [-0.39, 0.29) is 28.4 Å². The van der Waals surface area contributed by atoms with Gasteiger partial charge in [-0.3, -0.25) is 9.59 Å². The van der Waals surface area contributed by atoms with Crippen molar-refractivity contribution in [3.8, 4) is 0 Å². The molecule has 0 aliphatic heterocycles. The van der Waals surface area contributed by atoms with Crippen LogP contribution in [0.5, 0.6) is 0 Å². The van der Waals surface area contributed by atoms with Crippen LogP contribution in [0.4, 0.5) is 10.5 Å². The third-order valence-corrected chi connectivity index (χ3v) is 6.46. The lowest BCUT2D eigenvalue weighted by Gasteiger charge is -2.10. The number of carbonyl (C=O) groups excluding carboxylic acids is 2. The van der Waals surface area contributed by atoms with Gasteiger partial charge in [0.15, 0.2) is 9.84 Å². The van der Waals surface area contributed by atoms with Gasteiger partial charge < -0.3 is 15.0 Å². The minimum absolute atomic E-state index is 0.0858. The van der Waals surface area contributed by atoms with Gasteiger partial charge in [0.1, 0.15) is 0 Å². The molecule has 2 aromatic carbocycles. The van der Waals surface area contributed by atoms with Crippen molar-refractivity contribution in [3.05, 3.63) is 54.1 Å². The van der Waals surface area contributed by atoms with Crippen LogP contribution in [0, 0.1) is 0 Å². The van der Waals surface area contributed by atoms with Crippen molar-refractivity contribution >= 4 is 38.4 Å². The highest BCUT2D eigenvalue weighted by Gasteiger charge is 2.15. The van der Waals surface area contributed by atoms with E-state index >= 15 is 0 Å². The number of hydrogen-bond donors (Lipinski definition) is 1. The molecular weight excluding hydrogens is 400 g/mol. The van der Waals surface area contributed by atoms with E-state index in [4.69, 9.17) is 4.74 Å². The van der Waals surface area contributed by atoms with E-state index in [9.17, 15) is 18.0 Å². The summed E-state index contributed by atoms with van der Waals surface area (Å²) >= 11 is 1.09. The van der Waals surface area contributed by atoms with Crippen LogP contribution in [0.15, 0.2) is 58.3 Å². The third kappa shape index (κ3) is 6.08. The Morgan fingerprint density at radius 3 is 2.18 bits per heavy atom. The monoisotopic (exact) mass is 422 g/mol. The molecule has 1 N–H and O–H groups in total. The highest BCUT2D eigenvalue weighted by atomic mass is 32.2. The molecule has 0 aromatic heterocycles. The first-order valence-electron chi connectivity index (χ1n) is 8.35. The van der Waals surface area contributed by atoms with E-state index in [1.807, 2.05) is 0 Å². The number of carbonyl (C=O) groups is 2. The normalized spacial score (nSPS) is 11.1. The number of sulfone groups is 1. The summed E-state index contributed by atoms with van der Waals surface area (Å²) in [5.74, 6) is -0.471. The minimum Gasteiger partial charge on any atom is -0.384 e. The number of thioether (sulfide) groups is 1. The summed E-state index contributed by atoms with van der Waals surface area (Å²) in [5.41, 5.74) is 0.912. The second kappa shape index (κ2) is 9.72. The molecule has 7 nitrogen and oxygen atoms in total. The number of rotatable bonds is 7. The van der Waals surface area contributed by atoms with Crippen molar-refractivity contribution in [3.63, 3.8) is 0 Å². The molecule has 0 unspecified atom stereocenters. The van der Waals surface area contributed by atoms with Gasteiger partial charge in [0.2, 0.25) is 0 Å². The maximum atomic E-state index is 12.4. The molecular formula is C19H22N2O5S2. The van der Waals surface area contributed by atoms with E-state index in [2.05, 4.69) is 5.32 Å². The van der Waals surface area contributed by atoms with E-state index in [0.29, 0.717) is 11.3 Å². The maximum absolute atomic E-state index is 12.4. The number of hydrogen-bond acceptors (Lipinski definition) is 6. The Bertz CT molecular complexity index is 924. The Labute approximate surface area is 169 Å². The molecule has 150 valence electrons. The Kier molecular flexibility index (Phi) is 7.61. The molecule has 0 fully saturated rings. The van der Waals surface area contributed by atoms with Gasteiger partial charge in [-0.1, -0.05) is 0 Å². The largest absolute Gasteiger partial charge is 0.384 e. The average molecular weight is 423 g/mol. The maximum Gasteiger partial charge on any atom is 0.285 e. The van der Waals surface area contributed by atoms with E-state index in [1.54, 1.807) is 38.4 Å². The summed E-state index contributed by atoms with van der Waals surface area (Å²) < 4.78 is 29.0. The van der Waals surface area contributed by atoms with Crippen LogP contribution in [0.1, 0.15) is 10.4 Å². The standard InChI is InChI=1S/C19H22N2O5S2/c1-21(2)19(23)27-16-8-6-15(7-9-16)20-18(22)14-4-10-17(11-5-14)28(24,25)13-12-26-3/h4-11H,12-13H2,1-3H3,(H,20,22). The van der Waals surface area contributed by atoms with Crippen LogP contribution in [0.3, 0.4) is 0 Å². The van der Waals surface area contributed by atoms with Crippen LogP contribution in [-0.4, -0.2) is 58.0 Å². The zero-order valence-electron chi connectivity index (χ0n) is 15.8. The highest BCUT2D eigenvalue weighted by molar-refractivity contribution is 8.13. The molecule has 0 atom stereocenters. The zero-order chi connectivity index (χ0) is 20.7. The topological polar surface area (TPSA) is 92.8 Å². The Balaban J connectivity index is 2.02. The Morgan fingerprint density at radius 1 is 1.04 bits per heavy atom. The van der Waals surface area contributed by atoms with E-state index in [1.165, 1.54) is 36.3 Å². The van der Waals surface area contributed by atoms with Gasteiger partial charge in [-0.2, -0.15) is 0 Å². The summed E-state index contributed by atoms with van der Waals surface area (Å²) in [6, 6.07) is 12.6. The van der Waals surface area contributed by atoms with Gasteiger partial charge in [-0.05, 0) is 60.3 Å². The van der Waals surface area contributed by atoms with Crippen molar-refractivity contribution in [2.24, 2.45) is 0 Å². The number of nitrogens with one attached hydrogen (secondary N) is 1. The molecule has 0 saturated heterocycles. The number of anilines is 1. The van der Waals surface area contributed by atoms with Gasteiger partial charge in [-0.25, -0.2) is 8.42 Å². The van der Waals surface area contributed by atoms with Crippen molar-refractivity contribution in [2.45, 2.75) is 9.79 Å². The predicted molar refractivity (Wildman–Crippen MR) is 110 cm³/mol. The second-order valence-corrected chi connectivity index (χ2v) is 9.21. The molecule has 2 amide bonds. The van der Waals surface area contributed by atoms with Gasteiger partial charge in [0, 0.05) is 37.4 Å². The third-order valence-electron chi connectivity index (χ3n) is 3.71. The highest BCUT2D eigenvalue weighted by Crippen LogP contribution is 2.23. The van der Waals surface area contributed by atoms with Crippen LogP contribution in [0.2, 0.25) is 0 Å². The molecule has 0 aliphatic rings. The molecule has 0 saturated carbocycles. The number of ether oxygens (including phenoxy) is 1. The summed E-state index contributed by atoms with van der Waals surface area (Å²) in [4.78, 5) is 26.4. The molecule has 0 radical (unpaired) electrons. The summed E-state index contributed by atoms with van der Waals surface area (Å²) in [6.07, 6.45) is 0. The zero-order valence-corrected chi connectivity index (χ0v) is 17.5. The molecule has 2 aromatic rings. The predicted octanol–water partition coefficient (Wildman–Crippen LogP) is 3.13. The lowest BCUT2D eigenvalue weighted by molar-refractivity contribution is 0.102. The first kappa shape index (κ1) is 21.9. The Morgan fingerprint density at radius 2 is 1.64 bits per heavy atom. The molecule has 9 heteroatoms. The molecule has 28 heavy (non-hydrogen) atoms. The molecule has 2 rings (SSSR count). The number of benzene rings is 2. The van der Waals surface area contributed by atoms with Crippen molar-refractivity contribution in [1.82, 2.24) is 4.90 Å². The van der Waals surface area contributed by atoms with Gasteiger partial charge >= 0.3 is 0 Å². The smallest absolute Gasteiger partial charge is 0.285 e. The lowest BCUT2D eigenvalue weighted by atomic mass is 10.2. The number of amides is 2. The summed E-state index contributed by atoms with van der Waals surface area (Å²) in [7, 11) is 1.36. The summed E-state index contributed by atoms with van der Waals surface area (Å²) in [6.45, 7) is 0.110. The van der Waals surface area contributed by atoms with E-state index in [0.717, 1.165) is 16.7 Å². The van der Waals surface area contributed by atoms with Crippen molar-refractivity contribution in [2.75, 3.05) is 38.9 Å². The molecule has 0 aliphatic carbocycles. The minimum atomic E-state index is -3.43. The van der Waals surface area contributed by atoms with Gasteiger partial charge in [0.25, 0.3) is 11.1 Å². The van der Waals surface area contributed by atoms with Crippen molar-refractivity contribution in [1.29, 1.82) is 0 Å². The molecule has 0 spiro atoms. The van der Waals surface area contributed by atoms with Crippen LogP contribution in [-0.2, 0) is 14.6 Å². The fourth-order valence-electron chi connectivity index (χ4n) is 2.13. The second-order valence-electron chi connectivity index (χ2n) is 6.08. The van der Waals surface area contributed by atoms with Gasteiger partial charge in [0.05, 0.1) is 17.3 Å². The first-order valence-corrected chi connectivity index (χ1v) is 10.8. The fourth-order valence-corrected chi connectivity index (χ4v) is 3.96. The van der Waals surface area contributed by atoms with Crippen LogP contribution < -0.4 is 5.32 Å². The molecule has 0 bridgehead atoms. The van der Waals surface area contributed by atoms with Gasteiger partial charge in [-0.15, -0.1) is 0 Å². The molecule has 0 heterocycles. The Hall–Kier alpha value is -2.36. The van der Waals surface area contributed by atoms with Crippen LogP contribution >= 0.6 is 11.8 Å².